The molecule has 2 N–H and O–H groups in total. The van der Waals surface area contributed by atoms with Crippen molar-refractivity contribution < 1.29 is 14.7 Å². The predicted octanol–water partition coefficient (Wildman–Crippen LogP) is 0.522. The van der Waals surface area contributed by atoms with Gasteiger partial charge < -0.3 is 15.3 Å². The highest BCUT2D eigenvalue weighted by atomic mass is 16.3. The molecule has 0 bridgehead atoms. The molecule has 1 unspecified atom stereocenters. The van der Waals surface area contributed by atoms with Crippen LogP contribution in [-0.4, -0.2) is 47.6 Å². The molecule has 104 valence electrons. The molecule has 0 aromatic carbocycles. The van der Waals surface area contributed by atoms with Gasteiger partial charge in [-0.2, -0.15) is 0 Å². The number of aliphatic hydroxyl groups is 1. The van der Waals surface area contributed by atoms with E-state index in [1.807, 2.05) is 20.8 Å². The van der Waals surface area contributed by atoms with Gasteiger partial charge in [-0.25, -0.2) is 0 Å². The van der Waals surface area contributed by atoms with E-state index < -0.39 is 6.10 Å². The smallest absolute Gasteiger partial charge is 0.222 e. The molecule has 0 aromatic rings. The molecule has 1 aliphatic heterocycles. The number of carbonyl (C=O) groups is 2. The summed E-state index contributed by atoms with van der Waals surface area (Å²) in [6, 6.07) is 0. The molecule has 5 heteroatoms. The Morgan fingerprint density at radius 2 is 2.17 bits per heavy atom. The van der Waals surface area contributed by atoms with Crippen LogP contribution in [0.1, 0.15) is 40.0 Å². The first-order chi connectivity index (χ1) is 8.30. The lowest BCUT2D eigenvalue weighted by molar-refractivity contribution is -0.128. The summed E-state index contributed by atoms with van der Waals surface area (Å²) in [7, 11) is 0. The lowest BCUT2D eigenvalue weighted by atomic mass is 9.89. The zero-order chi connectivity index (χ0) is 13.8. The van der Waals surface area contributed by atoms with Crippen molar-refractivity contribution in [2.24, 2.45) is 5.41 Å². The molecule has 18 heavy (non-hydrogen) atoms. The summed E-state index contributed by atoms with van der Waals surface area (Å²) in [5.41, 5.74) is -0.238. The van der Waals surface area contributed by atoms with Gasteiger partial charge in [0, 0.05) is 32.5 Å². The highest BCUT2D eigenvalue weighted by Crippen LogP contribution is 2.18. The molecule has 0 saturated carbocycles. The van der Waals surface area contributed by atoms with Crippen molar-refractivity contribution in [2.45, 2.75) is 46.1 Å². The average Bonchev–Trinajstić information content (AvgIpc) is 2.67. The first kappa shape index (κ1) is 15.0. The fourth-order valence-electron chi connectivity index (χ4n) is 1.78. The third-order valence-electron chi connectivity index (χ3n) is 3.27. The van der Waals surface area contributed by atoms with E-state index in [2.05, 4.69) is 5.32 Å². The second kappa shape index (κ2) is 6.18. The van der Waals surface area contributed by atoms with Crippen molar-refractivity contribution in [3.05, 3.63) is 0 Å². The average molecular weight is 256 g/mol. The number of nitrogens with zero attached hydrogens (tertiary/aromatic N) is 1. The van der Waals surface area contributed by atoms with Gasteiger partial charge in [0.1, 0.15) is 0 Å². The highest BCUT2D eigenvalue weighted by molar-refractivity contribution is 5.80. The van der Waals surface area contributed by atoms with Gasteiger partial charge in [0.15, 0.2) is 0 Å². The van der Waals surface area contributed by atoms with E-state index in [1.165, 1.54) is 0 Å². The summed E-state index contributed by atoms with van der Waals surface area (Å²) in [5.74, 6) is 0.0236. The normalized spacial score (nSPS) is 18.0. The van der Waals surface area contributed by atoms with Gasteiger partial charge in [-0.1, -0.05) is 20.8 Å². The third-order valence-corrected chi connectivity index (χ3v) is 3.27. The first-order valence-corrected chi connectivity index (χ1v) is 6.53. The summed E-state index contributed by atoms with van der Waals surface area (Å²) in [5, 5.41) is 12.5. The Kier molecular flexibility index (Phi) is 5.14. The monoisotopic (exact) mass is 256 g/mol. The Hall–Kier alpha value is -1.10. The van der Waals surface area contributed by atoms with Crippen LogP contribution in [0.4, 0.5) is 0 Å². The van der Waals surface area contributed by atoms with E-state index in [4.69, 9.17) is 0 Å². The van der Waals surface area contributed by atoms with Crippen molar-refractivity contribution in [2.75, 3.05) is 19.6 Å². The van der Waals surface area contributed by atoms with E-state index >= 15 is 0 Å². The number of rotatable bonds is 5. The Bertz CT molecular complexity index is 310. The van der Waals surface area contributed by atoms with Crippen molar-refractivity contribution in [1.82, 2.24) is 10.2 Å². The topological polar surface area (TPSA) is 69.6 Å². The van der Waals surface area contributed by atoms with Crippen LogP contribution in [-0.2, 0) is 9.59 Å². The molecule has 0 aliphatic carbocycles. The van der Waals surface area contributed by atoms with E-state index in [1.54, 1.807) is 4.90 Å². The third kappa shape index (κ3) is 4.64. The molecule has 0 radical (unpaired) electrons. The highest BCUT2D eigenvalue weighted by Gasteiger charge is 2.23. The second-order valence-corrected chi connectivity index (χ2v) is 5.92. The van der Waals surface area contributed by atoms with Crippen molar-refractivity contribution in [1.29, 1.82) is 0 Å². The number of hydrogen-bond acceptors (Lipinski definition) is 3. The molecular formula is C13H24N2O3. The predicted molar refractivity (Wildman–Crippen MR) is 68.9 cm³/mol. The molecule has 1 saturated heterocycles. The maximum atomic E-state index is 11.6. The van der Waals surface area contributed by atoms with Crippen LogP contribution in [0.25, 0.3) is 0 Å². The second-order valence-electron chi connectivity index (χ2n) is 5.92. The molecule has 1 fully saturated rings. The molecule has 5 nitrogen and oxygen atoms in total. The number of likely N-dealkylation sites (tertiary alicyclic amines) is 1. The quantitative estimate of drug-likeness (QED) is 0.753. The van der Waals surface area contributed by atoms with Gasteiger partial charge >= 0.3 is 0 Å². The minimum absolute atomic E-state index is 0.113. The molecular weight excluding hydrogens is 232 g/mol. The first-order valence-electron chi connectivity index (χ1n) is 6.53. The molecule has 2 amide bonds. The van der Waals surface area contributed by atoms with Crippen LogP contribution in [0.3, 0.4) is 0 Å². The fourth-order valence-corrected chi connectivity index (χ4v) is 1.78. The molecule has 0 aromatic heterocycles. The summed E-state index contributed by atoms with van der Waals surface area (Å²) < 4.78 is 0. The van der Waals surface area contributed by atoms with Gasteiger partial charge in [0.2, 0.25) is 11.8 Å². The van der Waals surface area contributed by atoms with E-state index in [0.717, 1.165) is 13.0 Å². The van der Waals surface area contributed by atoms with E-state index in [0.29, 0.717) is 19.4 Å². The maximum absolute atomic E-state index is 11.6. The number of carbonyl (C=O) groups excluding carboxylic acids is 2. The molecule has 1 rings (SSSR count). The summed E-state index contributed by atoms with van der Waals surface area (Å²) in [6.07, 6.45) is 1.24. The largest absolute Gasteiger partial charge is 0.391 e. The lowest BCUT2D eigenvalue weighted by Crippen LogP contribution is -2.40. The maximum Gasteiger partial charge on any atom is 0.222 e. The number of amides is 2. The van der Waals surface area contributed by atoms with E-state index in [-0.39, 0.29) is 23.8 Å². The lowest BCUT2D eigenvalue weighted by Gasteiger charge is -2.26. The van der Waals surface area contributed by atoms with Crippen molar-refractivity contribution in [3.8, 4) is 0 Å². The zero-order valence-corrected chi connectivity index (χ0v) is 11.5. The number of aliphatic hydroxyl groups excluding tert-OH is 1. The van der Waals surface area contributed by atoms with Crippen LogP contribution >= 0.6 is 0 Å². The Balaban J connectivity index is 2.20. The Labute approximate surface area is 109 Å². The minimum atomic E-state index is -0.560. The van der Waals surface area contributed by atoms with Crippen LogP contribution < -0.4 is 5.32 Å². The molecule has 1 aliphatic rings. The van der Waals surface area contributed by atoms with Crippen molar-refractivity contribution >= 4 is 11.8 Å². The fraction of sp³-hybridized carbons (Fsp3) is 0.846. The molecule has 0 spiro atoms. The standard InChI is InChI=1S/C13H24N2O3/c1-13(2,3)10(16)9-14-11(17)6-8-15-7-4-5-12(15)18/h10,16H,4-9H2,1-3H3,(H,14,17). The Morgan fingerprint density at radius 3 is 2.67 bits per heavy atom. The SMILES string of the molecule is CC(C)(C)C(O)CNC(=O)CCN1CCCC1=O. The van der Waals surface area contributed by atoms with Gasteiger partial charge in [-0.05, 0) is 11.8 Å². The minimum Gasteiger partial charge on any atom is -0.391 e. The van der Waals surface area contributed by atoms with Crippen LogP contribution in [0.5, 0.6) is 0 Å². The van der Waals surface area contributed by atoms with Crippen LogP contribution in [0.15, 0.2) is 0 Å². The number of hydrogen-bond donors (Lipinski definition) is 2. The van der Waals surface area contributed by atoms with Gasteiger partial charge in [-0.15, -0.1) is 0 Å². The summed E-state index contributed by atoms with van der Waals surface area (Å²) in [6.45, 7) is 7.27. The molecule has 1 atom stereocenters. The molecule has 1 heterocycles. The summed E-state index contributed by atoms with van der Waals surface area (Å²) >= 11 is 0. The van der Waals surface area contributed by atoms with Crippen LogP contribution in [0, 0.1) is 5.41 Å². The van der Waals surface area contributed by atoms with Gasteiger partial charge in [0.05, 0.1) is 6.10 Å². The summed E-state index contributed by atoms with van der Waals surface area (Å²) in [4.78, 5) is 24.6. The van der Waals surface area contributed by atoms with Crippen LogP contribution in [0.2, 0.25) is 0 Å². The van der Waals surface area contributed by atoms with Gasteiger partial charge in [0.25, 0.3) is 0 Å². The Morgan fingerprint density at radius 1 is 1.50 bits per heavy atom. The zero-order valence-electron chi connectivity index (χ0n) is 11.5. The number of nitrogens with one attached hydrogen (secondary N) is 1. The van der Waals surface area contributed by atoms with Gasteiger partial charge in [-0.3, -0.25) is 9.59 Å². The van der Waals surface area contributed by atoms with Crippen molar-refractivity contribution in [3.63, 3.8) is 0 Å². The van der Waals surface area contributed by atoms with E-state index in [9.17, 15) is 14.7 Å².